The zero-order valence-corrected chi connectivity index (χ0v) is 17.1. The van der Waals surface area contributed by atoms with E-state index < -0.39 is 41.0 Å². The summed E-state index contributed by atoms with van der Waals surface area (Å²) in [5.41, 5.74) is 10.8. The number of rotatable bonds is 6. The molecule has 166 valence electrons. The van der Waals surface area contributed by atoms with Crippen molar-refractivity contribution in [2.45, 2.75) is 20.0 Å². The highest BCUT2D eigenvalue weighted by Crippen LogP contribution is 2.32. The van der Waals surface area contributed by atoms with Crippen molar-refractivity contribution in [2.24, 2.45) is 5.73 Å². The third kappa shape index (κ3) is 6.07. The summed E-state index contributed by atoms with van der Waals surface area (Å²) in [5, 5.41) is 9.30. The molecule has 0 bridgehead atoms. The summed E-state index contributed by atoms with van der Waals surface area (Å²) in [4.78, 5) is 16.6. The molecule has 31 heavy (non-hydrogen) atoms. The molecule has 0 saturated heterocycles. The molecule has 12 heteroatoms. The fourth-order valence-electron chi connectivity index (χ4n) is 2.41. The maximum absolute atomic E-state index is 14.8. The summed E-state index contributed by atoms with van der Waals surface area (Å²) in [5.74, 6) is -2.61. The Labute approximate surface area is 179 Å². The minimum Gasteiger partial charge on any atom is -0.483 e. The van der Waals surface area contributed by atoms with Crippen LogP contribution in [0.15, 0.2) is 35.2 Å². The Bertz CT molecular complexity index is 1070. The van der Waals surface area contributed by atoms with Gasteiger partial charge in [0, 0.05) is 17.4 Å². The predicted octanol–water partition coefficient (Wildman–Crippen LogP) is 3.86. The first-order chi connectivity index (χ1) is 14.3. The van der Waals surface area contributed by atoms with Crippen LogP contribution in [0.3, 0.4) is 0 Å². The first kappa shape index (κ1) is 23.9. The Balaban J connectivity index is 2.57. The van der Waals surface area contributed by atoms with Crippen LogP contribution in [0.25, 0.3) is 11.3 Å². The van der Waals surface area contributed by atoms with Gasteiger partial charge in [0.1, 0.15) is 16.7 Å². The molecule has 0 fully saturated rings. The van der Waals surface area contributed by atoms with Crippen LogP contribution >= 0.6 is 11.6 Å². The van der Waals surface area contributed by atoms with Gasteiger partial charge in [0.25, 0.3) is 5.91 Å². The van der Waals surface area contributed by atoms with Crippen molar-refractivity contribution in [3.05, 3.63) is 52.2 Å². The van der Waals surface area contributed by atoms with E-state index in [0.29, 0.717) is 11.6 Å². The minimum atomic E-state index is -4.72. The minimum absolute atomic E-state index is 0.0327. The molecule has 0 atom stereocenters. The lowest BCUT2D eigenvalue weighted by Crippen LogP contribution is -2.29. The van der Waals surface area contributed by atoms with Gasteiger partial charge in [-0.05, 0) is 37.6 Å². The molecule has 0 aliphatic heterocycles. The molecule has 2 rings (SSSR count). The molecule has 6 N–H and O–H groups in total. The molecule has 0 saturated carbocycles. The molecule has 2 aromatic rings. The van der Waals surface area contributed by atoms with E-state index >= 15 is 0 Å². The number of halogens is 5. The summed E-state index contributed by atoms with van der Waals surface area (Å²) in [6.45, 7) is 1.21. The Morgan fingerprint density at radius 1 is 1.32 bits per heavy atom. The van der Waals surface area contributed by atoms with Gasteiger partial charge in [0.05, 0.1) is 22.7 Å². The van der Waals surface area contributed by atoms with Crippen LogP contribution in [0.1, 0.15) is 22.8 Å². The molecule has 0 unspecified atom stereocenters. The summed E-state index contributed by atoms with van der Waals surface area (Å²) in [6, 6.07) is 2.95. The van der Waals surface area contributed by atoms with E-state index in [-0.39, 0.29) is 28.4 Å². The number of aromatic nitrogens is 1. The molecule has 1 amide bonds. The Morgan fingerprint density at radius 3 is 2.48 bits per heavy atom. The third-order valence-electron chi connectivity index (χ3n) is 3.98. The number of ether oxygens (including phenoxy) is 1. The fourth-order valence-corrected chi connectivity index (χ4v) is 2.60. The van der Waals surface area contributed by atoms with Crippen LogP contribution in [-0.4, -0.2) is 29.4 Å². The number of anilines is 1. The fraction of sp³-hybridized carbons (Fsp3) is 0.211. The number of carbonyl (C=O) groups is 1. The number of benzene rings is 1. The van der Waals surface area contributed by atoms with Crippen LogP contribution in [0, 0.1) is 18.2 Å². The second-order valence-electron chi connectivity index (χ2n) is 6.46. The second-order valence-corrected chi connectivity index (χ2v) is 6.87. The van der Waals surface area contributed by atoms with E-state index in [1.54, 1.807) is 6.92 Å². The largest absolute Gasteiger partial charge is 0.483 e. The van der Waals surface area contributed by atoms with Gasteiger partial charge < -0.3 is 26.9 Å². The second kappa shape index (κ2) is 9.21. The number of alkyl halides is 3. The lowest BCUT2D eigenvalue weighted by atomic mass is 10.0. The van der Waals surface area contributed by atoms with Gasteiger partial charge in [0.15, 0.2) is 6.61 Å². The number of aryl methyl sites for hydroxylation is 1. The molecule has 7 nitrogen and oxygen atoms in total. The topological polar surface area (TPSA) is 127 Å². The van der Waals surface area contributed by atoms with Crippen molar-refractivity contribution in [2.75, 3.05) is 12.3 Å². The van der Waals surface area contributed by atoms with Gasteiger partial charge >= 0.3 is 6.18 Å². The molecule has 0 aliphatic carbocycles. The number of hydrogen-bond acceptors (Lipinski definition) is 6. The van der Waals surface area contributed by atoms with E-state index in [4.69, 9.17) is 33.2 Å². The highest BCUT2D eigenvalue weighted by molar-refractivity contribution is 6.31. The van der Waals surface area contributed by atoms with E-state index in [9.17, 15) is 22.4 Å². The SMILES string of the molecule is CC(=N)/C(NC(=O)c1cc(F)c(-c2cc(N)c(C)cn2)cc1OCC(F)(F)F)=C(\N)Cl. The van der Waals surface area contributed by atoms with Crippen molar-refractivity contribution >= 4 is 28.9 Å². The molecular weight excluding hydrogens is 442 g/mol. The number of allylic oxidation sites excluding steroid dienone is 1. The van der Waals surface area contributed by atoms with Crippen molar-refractivity contribution in [1.29, 1.82) is 5.41 Å². The lowest BCUT2D eigenvalue weighted by Gasteiger charge is -2.16. The summed E-state index contributed by atoms with van der Waals surface area (Å²) < 4.78 is 57.6. The van der Waals surface area contributed by atoms with Crippen LogP contribution in [0.5, 0.6) is 5.75 Å². The third-order valence-corrected chi connectivity index (χ3v) is 4.17. The zero-order chi connectivity index (χ0) is 23.5. The van der Waals surface area contributed by atoms with Crippen LogP contribution in [-0.2, 0) is 0 Å². The van der Waals surface area contributed by atoms with Crippen molar-refractivity contribution < 1.29 is 27.1 Å². The molecule has 1 aromatic carbocycles. The number of hydrogen-bond donors (Lipinski definition) is 4. The Hall–Kier alpha value is -3.34. The van der Waals surface area contributed by atoms with Crippen molar-refractivity contribution in [3.63, 3.8) is 0 Å². The normalized spacial score (nSPS) is 12.2. The smallest absolute Gasteiger partial charge is 0.422 e. The maximum Gasteiger partial charge on any atom is 0.422 e. The molecule has 1 aromatic heterocycles. The summed E-state index contributed by atoms with van der Waals surface area (Å²) in [7, 11) is 0. The van der Waals surface area contributed by atoms with Crippen molar-refractivity contribution in [1.82, 2.24) is 10.3 Å². The van der Waals surface area contributed by atoms with Crippen molar-refractivity contribution in [3.8, 4) is 17.0 Å². The quantitative estimate of drug-likeness (QED) is 0.296. The first-order valence-corrected chi connectivity index (χ1v) is 8.95. The Kier molecular flexibility index (Phi) is 7.11. The predicted molar refractivity (Wildman–Crippen MR) is 108 cm³/mol. The average Bonchev–Trinajstić information content (AvgIpc) is 2.65. The molecule has 0 spiro atoms. The number of pyridine rings is 1. The van der Waals surface area contributed by atoms with E-state index in [1.807, 2.05) is 0 Å². The number of nitrogens with one attached hydrogen (secondary N) is 2. The zero-order valence-electron chi connectivity index (χ0n) is 16.3. The number of nitrogen functional groups attached to an aromatic ring is 1. The standard InChI is InChI=1S/C19H18ClF4N5O2/c1-8-6-28-14(5-13(8)26)10-4-15(31-7-19(22,23)24)11(3-12(10)21)18(30)29-16(9(2)25)17(20)27/h3-6,25H,7,27H2,1-2H3,(H2,26,28)(H,29,30)/b17-16+,25-9?. The Morgan fingerprint density at radius 2 is 1.97 bits per heavy atom. The van der Waals surface area contributed by atoms with Gasteiger partial charge in [-0.3, -0.25) is 9.78 Å². The monoisotopic (exact) mass is 459 g/mol. The highest BCUT2D eigenvalue weighted by atomic mass is 35.5. The number of amides is 1. The number of nitrogens with two attached hydrogens (primary N) is 2. The molecular formula is C19H18ClF4N5O2. The van der Waals surface area contributed by atoms with E-state index in [0.717, 1.165) is 6.07 Å². The van der Waals surface area contributed by atoms with Crippen LogP contribution in [0.2, 0.25) is 0 Å². The van der Waals surface area contributed by atoms with Gasteiger partial charge in [-0.25, -0.2) is 4.39 Å². The molecule has 0 radical (unpaired) electrons. The summed E-state index contributed by atoms with van der Waals surface area (Å²) in [6.07, 6.45) is -3.35. The van der Waals surface area contributed by atoms with Gasteiger partial charge in [-0.2, -0.15) is 13.2 Å². The van der Waals surface area contributed by atoms with E-state index in [2.05, 4.69) is 10.3 Å². The highest BCUT2D eigenvalue weighted by Gasteiger charge is 2.30. The van der Waals surface area contributed by atoms with Gasteiger partial charge in [0.2, 0.25) is 0 Å². The lowest BCUT2D eigenvalue weighted by molar-refractivity contribution is -0.153. The number of nitrogens with zero attached hydrogens (tertiary/aromatic N) is 1. The molecule has 1 heterocycles. The first-order valence-electron chi connectivity index (χ1n) is 8.58. The number of carbonyl (C=O) groups excluding carboxylic acids is 1. The van der Waals surface area contributed by atoms with E-state index in [1.165, 1.54) is 19.2 Å². The van der Waals surface area contributed by atoms with Crippen LogP contribution < -0.4 is 21.5 Å². The average molecular weight is 460 g/mol. The van der Waals surface area contributed by atoms with Gasteiger partial charge in [-0.1, -0.05) is 11.6 Å². The summed E-state index contributed by atoms with van der Waals surface area (Å²) >= 11 is 5.62. The van der Waals surface area contributed by atoms with Gasteiger partial charge in [-0.15, -0.1) is 0 Å². The van der Waals surface area contributed by atoms with Crippen LogP contribution in [0.4, 0.5) is 23.2 Å². The molecule has 0 aliphatic rings. The maximum atomic E-state index is 14.8.